The fraction of sp³-hybridized carbons (Fsp3) is 0.562. The van der Waals surface area contributed by atoms with E-state index in [-0.39, 0.29) is 6.03 Å². The van der Waals surface area contributed by atoms with Crippen LogP contribution in [0.15, 0.2) is 30.9 Å². The van der Waals surface area contributed by atoms with Gasteiger partial charge in [-0.25, -0.2) is 4.79 Å². The molecule has 0 aliphatic carbocycles. The number of nitrogens with zero attached hydrogens (tertiary/aromatic N) is 5. The Labute approximate surface area is 136 Å². The normalized spacial score (nSPS) is 15.8. The number of nitrogens with one attached hydrogen (secondary N) is 1. The Hall–Kier alpha value is -2.31. The molecular weight excluding hydrogens is 292 g/mol. The van der Waals surface area contributed by atoms with E-state index >= 15 is 0 Å². The molecule has 7 heteroatoms. The lowest BCUT2D eigenvalue weighted by Gasteiger charge is -2.31. The van der Waals surface area contributed by atoms with Crippen molar-refractivity contribution >= 4 is 6.03 Å². The molecule has 1 aliphatic heterocycles. The number of likely N-dealkylation sites (tertiary alicyclic amines) is 1. The van der Waals surface area contributed by atoms with Crippen LogP contribution in [-0.4, -0.2) is 50.1 Å². The number of carbonyl (C=O) groups is 1. The maximum atomic E-state index is 12.2. The first-order valence-corrected chi connectivity index (χ1v) is 8.29. The molecule has 3 heterocycles. The van der Waals surface area contributed by atoms with E-state index in [1.54, 1.807) is 6.20 Å². The van der Waals surface area contributed by atoms with Gasteiger partial charge in [0.25, 0.3) is 0 Å². The van der Waals surface area contributed by atoms with E-state index < -0.39 is 0 Å². The molecule has 3 rings (SSSR count). The van der Waals surface area contributed by atoms with E-state index in [1.807, 2.05) is 32.7 Å². The largest absolute Gasteiger partial charge is 0.336 e. The summed E-state index contributed by atoms with van der Waals surface area (Å²) in [7, 11) is 0. The maximum absolute atomic E-state index is 12.2. The van der Waals surface area contributed by atoms with Gasteiger partial charge >= 0.3 is 6.03 Å². The first-order valence-electron chi connectivity index (χ1n) is 8.29. The molecule has 0 bridgehead atoms. The van der Waals surface area contributed by atoms with Crippen molar-refractivity contribution in [3.05, 3.63) is 36.4 Å². The zero-order valence-electron chi connectivity index (χ0n) is 13.6. The van der Waals surface area contributed by atoms with Crippen molar-refractivity contribution < 1.29 is 4.79 Å². The molecule has 1 saturated heterocycles. The third-order valence-electron chi connectivity index (χ3n) is 4.41. The number of aromatic nitrogens is 4. The van der Waals surface area contributed by atoms with Crippen LogP contribution in [0.25, 0.3) is 0 Å². The summed E-state index contributed by atoms with van der Waals surface area (Å²) in [6.45, 7) is 5.89. The number of piperidine rings is 1. The lowest BCUT2D eigenvalue weighted by Crippen LogP contribution is -2.44. The van der Waals surface area contributed by atoms with Crippen LogP contribution in [0.2, 0.25) is 0 Å². The van der Waals surface area contributed by atoms with Gasteiger partial charge in [-0.2, -0.15) is 10.2 Å². The topological polar surface area (TPSA) is 68.0 Å². The Kier molecular flexibility index (Phi) is 4.95. The molecule has 0 aromatic carbocycles. The second-order valence-electron chi connectivity index (χ2n) is 5.89. The Bertz CT molecular complexity index is 612. The Morgan fingerprint density at radius 3 is 2.78 bits per heavy atom. The first kappa shape index (κ1) is 15.6. The van der Waals surface area contributed by atoms with E-state index in [9.17, 15) is 4.79 Å². The van der Waals surface area contributed by atoms with Crippen molar-refractivity contribution in [2.45, 2.75) is 38.8 Å². The summed E-state index contributed by atoms with van der Waals surface area (Å²) in [6.07, 6.45) is 9.74. The predicted octanol–water partition coefficient (Wildman–Crippen LogP) is 1.69. The van der Waals surface area contributed by atoms with Crippen molar-refractivity contribution in [2.75, 3.05) is 19.6 Å². The van der Waals surface area contributed by atoms with Gasteiger partial charge in [-0.3, -0.25) is 9.36 Å². The number of hydrogen-bond donors (Lipinski definition) is 1. The van der Waals surface area contributed by atoms with Crippen LogP contribution in [0, 0.1) is 0 Å². The molecule has 1 fully saturated rings. The molecule has 1 aliphatic rings. The lowest BCUT2D eigenvalue weighted by molar-refractivity contribution is 0.181. The summed E-state index contributed by atoms with van der Waals surface area (Å²) in [5.41, 5.74) is 1.30. The lowest BCUT2D eigenvalue weighted by atomic mass is 9.92. The average Bonchev–Trinajstić information content (AvgIpc) is 3.26. The molecule has 7 nitrogen and oxygen atoms in total. The number of rotatable bonds is 5. The molecule has 0 radical (unpaired) electrons. The minimum atomic E-state index is 0.0276. The highest BCUT2D eigenvalue weighted by molar-refractivity contribution is 5.74. The molecule has 0 spiro atoms. The van der Waals surface area contributed by atoms with Gasteiger partial charge < -0.3 is 10.2 Å². The van der Waals surface area contributed by atoms with Gasteiger partial charge in [0.15, 0.2) is 0 Å². The van der Waals surface area contributed by atoms with Gasteiger partial charge in [0, 0.05) is 44.8 Å². The molecule has 0 unspecified atom stereocenters. The predicted molar refractivity (Wildman–Crippen MR) is 87.1 cm³/mol. The monoisotopic (exact) mass is 316 g/mol. The first-order chi connectivity index (χ1) is 11.3. The Morgan fingerprint density at radius 2 is 2.13 bits per heavy atom. The third kappa shape index (κ3) is 3.91. The van der Waals surface area contributed by atoms with Crippen molar-refractivity contribution in [1.82, 2.24) is 29.8 Å². The summed E-state index contributed by atoms with van der Waals surface area (Å²) in [5.74, 6) is 0.517. The highest BCUT2D eigenvalue weighted by atomic mass is 16.2. The van der Waals surface area contributed by atoms with E-state index in [1.165, 1.54) is 5.56 Å². The summed E-state index contributed by atoms with van der Waals surface area (Å²) in [4.78, 5) is 14.1. The number of aryl methyl sites for hydroxylation is 1. The summed E-state index contributed by atoms with van der Waals surface area (Å²) < 4.78 is 3.78. The van der Waals surface area contributed by atoms with E-state index in [2.05, 4.69) is 28.6 Å². The minimum absolute atomic E-state index is 0.0276. The van der Waals surface area contributed by atoms with Crippen LogP contribution in [0.4, 0.5) is 4.79 Å². The van der Waals surface area contributed by atoms with Gasteiger partial charge in [0.1, 0.15) is 0 Å². The molecule has 2 amide bonds. The fourth-order valence-electron chi connectivity index (χ4n) is 3.00. The number of carbonyl (C=O) groups excluding carboxylic acids is 1. The van der Waals surface area contributed by atoms with Crippen LogP contribution in [-0.2, 0) is 13.1 Å². The van der Waals surface area contributed by atoms with Crippen LogP contribution in [0.1, 0.15) is 31.2 Å². The van der Waals surface area contributed by atoms with Crippen molar-refractivity contribution in [2.24, 2.45) is 0 Å². The zero-order valence-corrected chi connectivity index (χ0v) is 13.6. The number of hydrogen-bond acceptors (Lipinski definition) is 3. The van der Waals surface area contributed by atoms with Crippen LogP contribution in [0.3, 0.4) is 0 Å². The highest BCUT2D eigenvalue weighted by Crippen LogP contribution is 2.27. The number of urea groups is 1. The van der Waals surface area contributed by atoms with Gasteiger partial charge in [-0.15, -0.1) is 0 Å². The summed E-state index contributed by atoms with van der Waals surface area (Å²) in [5, 5.41) is 11.4. The van der Waals surface area contributed by atoms with E-state index in [4.69, 9.17) is 0 Å². The molecule has 0 saturated carbocycles. The molecule has 124 valence electrons. The standard InChI is InChI=1S/C16H24N6O/c1-2-21-13-15(12-19-21)14-4-9-20(10-5-14)16(23)17-7-11-22-8-3-6-18-22/h3,6,8,12-14H,2,4-5,7,9-11H2,1H3,(H,17,23). The third-order valence-corrected chi connectivity index (χ3v) is 4.41. The van der Waals surface area contributed by atoms with Crippen LogP contribution < -0.4 is 5.32 Å². The average molecular weight is 316 g/mol. The zero-order chi connectivity index (χ0) is 16.1. The minimum Gasteiger partial charge on any atom is -0.336 e. The quantitative estimate of drug-likeness (QED) is 0.912. The van der Waals surface area contributed by atoms with E-state index in [0.29, 0.717) is 19.0 Å². The summed E-state index contributed by atoms with van der Waals surface area (Å²) in [6, 6.07) is 1.91. The molecule has 1 N–H and O–H groups in total. The van der Waals surface area contributed by atoms with Crippen molar-refractivity contribution in [3.8, 4) is 0 Å². The molecule has 2 aromatic heterocycles. The molecule has 23 heavy (non-hydrogen) atoms. The molecule has 2 aromatic rings. The van der Waals surface area contributed by atoms with E-state index in [0.717, 1.165) is 32.5 Å². The van der Waals surface area contributed by atoms with Crippen molar-refractivity contribution in [3.63, 3.8) is 0 Å². The Balaban J connectivity index is 1.42. The number of amides is 2. The smallest absolute Gasteiger partial charge is 0.317 e. The fourth-order valence-corrected chi connectivity index (χ4v) is 3.00. The molecular formula is C16H24N6O. The van der Waals surface area contributed by atoms with Gasteiger partial charge in [0.05, 0.1) is 12.7 Å². The second-order valence-corrected chi connectivity index (χ2v) is 5.89. The maximum Gasteiger partial charge on any atom is 0.317 e. The van der Waals surface area contributed by atoms with Gasteiger partial charge in [-0.1, -0.05) is 0 Å². The SMILES string of the molecule is CCn1cc(C2CCN(C(=O)NCCn3cccn3)CC2)cn1. The van der Waals surface area contributed by atoms with Crippen molar-refractivity contribution in [1.29, 1.82) is 0 Å². The Morgan fingerprint density at radius 1 is 1.30 bits per heavy atom. The van der Waals surface area contributed by atoms with Gasteiger partial charge in [0.2, 0.25) is 0 Å². The van der Waals surface area contributed by atoms with Gasteiger partial charge in [-0.05, 0) is 37.3 Å². The highest BCUT2D eigenvalue weighted by Gasteiger charge is 2.24. The van der Waals surface area contributed by atoms with Crippen LogP contribution >= 0.6 is 0 Å². The molecule has 0 atom stereocenters. The van der Waals surface area contributed by atoms with Crippen LogP contribution in [0.5, 0.6) is 0 Å². The second kappa shape index (κ2) is 7.30. The summed E-state index contributed by atoms with van der Waals surface area (Å²) >= 11 is 0.